The zero-order valence-electron chi connectivity index (χ0n) is 27.0. The molecule has 0 saturated carbocycles. The van der Waals surface area contributed by atoms with Crippen LogP contribution in [-0.4, -0.2) is 140 Å². The first-order valence-electron chi connectivity index (χ1n) is 14.2. The number of carboxylic acids is 5. The molecule has 0 fully saturated rings. The van der Waals surface area contributed by atoms with E-state index in [0.29, 0.717) is 0 Å². The summed E-state index contributed by atoms with van der Waals surface area (Å²) in [5.41, 5.74) is -0.193. The monoisotopic (exact) mass is 828 g/mol. The van der Waals surface area contributed by atoms with Gasteiger partial charge < -0.3 is 58.9 Å². The molecule has 18 nitrogen and oxygen atoms in total. The van der Waals surface area contributed by atoms with Gasteiger partial charge in [0.25, 0.3) is 0 Å². The Morgan fingerprint density at radius 3 is 1.38 bits per heavy atom. The van der Waals surface area contributed by atoms with Gasteiger partial charge in [-0.25, -0.2) is 4.79 Å². The minimum atomic E-state index is -1.67. The summed E-state index contributed by atoms with van der Waals surface area (Å²) in [4.78, 5) is 83.5. The first-order chi connectivity index (χ1) is 21.1. The van der Waals surface area contributed by atoms with Gasteiger partial charge in [-0.1, -0.05) is 20.8 Å². The van der Waals surface area contributed by atoms with Crippen molar-refractivity contribution < 1.29 is 143 Å². The summed E-state index contributed by atoms with van der Waals surface area (Å²) >= 11 is 0. The largest absolute Gasteiger partial charge is 3.00 e. The number of rotatable bonds is 26. The van der Waals surface area contributed by atoms with Crippen LogP contribution in [0.1, 0.15) is 46.5 Å². The summed E-state index contributed by atoms with van der Waals surface area (Å²) in [6.07, 6.45) is 0.571. The first-order valence-corrected chi connectivity index (χ1v) is 14.2. The second-order valence-electron chi connectivity index (χ2n) is 10.2. The predicted molar refractivity (Wildman–Crippen MR) is 142 cm³/mol. The number of ether oxygens (including phenoxy) is 3. The Labute approximate surface area is 327 Å². The van der Waals surface area contributed by atoms with Gasteiger partial charge in [-0.15, -0.1) is 0 Å². The third-order valence-corrected chi connectivity index (χ3v) is 7.22. The Kier molecular flexibility index (Phi) is 28.7. The van der Waals surface area contributed by atoms with Gasteiger partial charge in [0.2, 0.25) is 0 Å². The van der Waals surface area contributed by atoms with Crippen molar-refractivity contribution in [3.05, 3.63) is 0 Å². The van der Waals surface area contributed by atoms with E-state index in [9.17, 15) is 59.1 Å². The Hall–Kier alpha value is -1.71. The molecule has 1 N–H and O–H groups in total. The van der Waals surface area contributed by atoms with Crippen molar-refractivity contribution >= 4 is 42.0 Å². The summed E-state index contributed by atoms with van der Waals surface area (Å²) in [7, 11) is 0. The number of carboxylic acid groups (broad SMARTS) is 5. The van der Waals surface area contributed by atoms with E-state index in [1.165, 1.54) is 0 Å². The van der Waals surface area contributed by atoms with Crippen LogP contribution in [0.2, 0.25) is 0 Å². The number of hydrogen-bond donors (Lipinski definition) is 1. The molecule has 47 heavy (non-hydrogen) atoms. The fraction of sp³-hybridized carbons (Fsp3) is 0.741. The number of carbonyl (C=O) groups excluding carboxylic acids is 6. The van der Waals surface area contributed by atoms with Gasteiger partial charge in [0, 0.05) is 57.8 Å². The van der Waals surface area contributed by atoms with Crippen LogP contribution in [0.15, 0.2) is 0 Å². The third-order valence-electron chi connectivity index (χ3n) is 7.22. The minimum Gasteiger partial charge on any atom is -0.549 e. The quantitative estimate of drug-likeness (QED) is 0.0482. The zero-order valence-corrected chi connectivity index (χ0v) is 31.3. The zero-order chi connectivity index (χ0) is 34.6. The fourth-order valence-electron chi connectivity index (χ4n) is 4.30. The van der Waals surface area contributed by atoms with Crippen molar-refractivity contribution in [3.63, 3.8) is 0 Å². The average Bonchev–Trinajstić information content (AvgIpc) is 2.94. The van der Waals surface area contributed by atoms with Crippen molar-refractivity contribution in [3.8, 4) is 0 Å². The van der Waals surface area contributed by atoms with E-state index < -0.39 is 93.8 Å². The van der Waals surface area contributed by atoms with Crippen molar-refractivity contribution in [2.75, 3.05) is 72.2 Å². The Bertz CT molecular complexity index is 936. The average molecular weight is 828 g/mol. The molecule has 0 aromatic heterocycles. The number of hydrogen-bond acceptors (Lipinski definition) is 17. The Balaban J connectivity index is -0.00000968. The molecule has 0 amide bonds. The molecule has 0 bridgehead atoms. The molecular formula is C27H41GdN3NaO15. The van der Waals surface area contributed by atoms with Crippen LogP contribution in [-0.2, 0) is 43.0 Å². The molecule has 0 rings (SSSR count). The van der Waals surface area contributed by atoms with E-state index in [2.05, 4.69) is 0 Å². The topological polar surface area (TPSA) is 269 Å². The standard InChI is InChI=1S/C27H45N3O15.Gd.Na/c1-4-27(5-2,6-3)18-45-26(42)44-12-11-43-24(39)13-19(25(40)41)30(9-7-28(14-20(31)32)15-21(33)34)10-8-29(16-22(35)36)17-23(37)38;;/h19H,4-18H2,1-3H3,(H,31,32)(H,33,34)(H,35,36)(H,37,38)(H,40,41);;/q;+3;+1/p-4. The molecule has 0 aliphatic rings. The molecule has 20 heteroatoms. The molecule has 1 atom stereocenters. The van der Waals surface area contributed by atoms with E-state index in [0.717, 1.165) is 34.0 Å². The second-order valence-corrected chi connectivity index (χ2v) is 10.2. The van der Waals surface area contributed by atoms with Crippen LogP contribution < -0.4 is 50.0 Å². The minimum absolute atomic E-state index is 0. The van der Waals surface area contributed by atoms with Crippen molar-refractivity contribution in [1.82, 2.24) is 14.7 Å². The van der Waals surface area contributed by atoms with Gasteiger partial charge in [0.15, 0.2) is 0 Å². The number of carbonyl (C=O) groups is 7. The van der Waals surface area contributed by atoms with E-state index >= 15 is 0 Å². The number of esters is 1. The molecule has 0 aromatic carbocycles. The summed E-state index contributed by atoms with van der Waals surface area (Å²) in [6.45, 7) is 0.259. The number of nitrogens with zero attached hydrogens (tertiary/aromatic N) is 3. The molecular weight excluding hydrogens is 787 g/mol. The van der Waals surface area contributed by atoms with Crippen LogP contribution in [0.25, 0.3) is 0 Å². The van der Waals surface area contributed by atoms with Crippen LogP contribution in [0.5, 0.6) is 0 Å². The Morgan fingerprint density at radius 2 is 1.04 bits per heavy atom. The van der Waals surface area contributed by atoms with E-state index in [-0.39, 0.29) is 108 Å². The molecule has 0 heterocycles. The summed E-state index contributed by atoms with van der Waals surface area (Å²) in [5, 5.41) is 54.0. The van der Waals surface area contributed by atoms with Crippen LogP contribution in [0.3, 0.4) is 0 Å². The third kappa shape index (κ3) is 23.3. The molecule has 0 aliphatic carbocycles. The van der Waals surface area contributed by atoms with Crippen molar-refractivity contribution in [1.29, 1.82) is 0 Å². The van der Waals surface area contributed by atoms with Gasteiger partial charge in [-0.2, -0.15) is 0 Å². The van der Waals surface area contributed by atoms with Gasteiger partial charge >= 0.3 is 87.6 Å². The molecule has 1 unspecified atom stereocenters. The van der Waals surface area contributed by atoms with Crippen LogP contribution in [0.4, 0.5) is 4.79 Å². The fourth-order valence-corrected chi connectivity index (χ4v) is 4.30. The first kappa shape index (κ1) is 49.7. The smallest absolute Gasteiger partial charge is 0.549 e. The molecule has 1 radical (unpaired) electrons. The van der Waals surface area contributed by atoms with Gasteiger partial charge in [-0.05, 0) is 19.3 Å². The summed E-state index contributed by atoms with van der Waals surface area (Å²) in [5.74, 6) is -9.16. The number of aliphatic carboxylic acids is 5. The predicted octanol–water partition coefficient (Wildman–Crippen LogP) is -8.35. The maximum absolute atomic E-state index is 12.5. The molecule has 0 saturated heterocycles. The van der Waals surface area contributed by atoms with Crippen LogP contribution in [0, 0.1) is 45.4 Å². The van der Waals surface area contributed by atoms with Gasteiger partial charge in [0.1, 0.15) is 25.9 Å². The van der Waals surface area contributed by atoms with Crippen molar-refractivity contribution in [2.45, 2.75) is 52.5 Å². The SMILES string of the molecule is CCC(CC)(CC)COC(=O)OCCOC(=O)CC(C(=O)O)N(CCN(CC(=O)[O-])CC(=O)[O-])CCN(CC(=O)[O-])CC(=O)[O-].[Gd+3].[Na+]. The summed E-state index contributed by atoms with van der Waals surface area (Å²) in [6, 6.07) is -1.67. The van der Waals surface area contributed by atoms with Gasteiger partial charge in [-0.3, -0.25) is 24.3 Å². The Morgan fingerprint density at radius 1 is 0.660 bits per heavy atom. The molecule has 0 spiro atoms. The van der Waals surface area contributed by atoms with E-state index in [4.69, 9.17) is 14.2 Å². The van der Waals surface area contributed by atoms with Gasteiger partial charge in [0.05, 0.1) is 30.3 Å². The molecule has 263 valence electrons. The molecule has 0 aliphatic heterocycles. The maximum Gasteiger partial charge on any atom is 3.00 e. The van der Waals surface area contributed by atoms with Crippen LogP contribution >= 0.6 is 0 Å². The molecule has 0 aromatic rings. The second kappa shape index (κ2) is 27.2. The van der Waals surface area contributed by atoms with E-state index in [1.54, 1.807) is 0 Å². The summed E-state index contributed by atoms with van der Waals surface area (Å²) < 4.78 is 15.0. The van der Waals surface area contributed by atoms with Crippen molar-refractivity contribution in [2.24, 2.45) is 5.41 Å². The normalized spacial score (nSPS) is 11.6. The maximum atomic E-state index is 12.5. The van der Waals surface area contributed by atoms with E-state index in [1.807, 2.05) is 20.8 Å².